The van der Waals surface area contributed by atoms with Gasteiger partial charge in [-0.05, 0) is 24.0 Å². The smallest absolute Gasteiger partial charge is 0.256 e. The van der Waals surface area contributed by atoms with Gasteiger partial charge in [-0.1, -0.05) is 70.2 Å². The highest BCUT2D eigenvalue weighted by atomic mass is 16.4. The Morgan fingerprint density at radius 2 is 1.69 bits per heavy atom. The average Bonchev–Trinajstić information content (AvgIpc) is 3.02. The molecule has 0 aliphatic carbocycles. The number of hydrogen-bond acceptors (Lipinski definition) is 2. The summed E-state index contributed by atoms with van der Waals surface area (Å²) in [6.45, 7) is 6.31. The van der Waals surface area contributed by atoms with Crippen molar-refractivity contribution in [1.82, 2.24) is 4.57 Å². The minimum absolute atomic E-state index is 0.232. The van der Waals surface area contributed by atoms with Crippen molar-refractivity contribution in [2.75, 3.05) is 0 Å². The van der Waals surface area contributed by atoms with Gasteiger partial charge in [-0.25, -0.2) is 9.13 Å². The molecule has 0 radical (unpaired) electrons. The first kappa shape index (κ1) is 20.2. The van der Waals surface area contributed by atoms with E-state index >= 15 is 0 Å². The molecule has 4 heteroatoms. The molecule has 0 saturated carbocycles. The van der Waals surface area contributed by atoms with Gasteiger partial charge in [0.05, 0.1) is 12.5 Å². The summed E-state index contributed by atoms with van der Waals surface area (Å²) in [5.41, 5.74) is 1.34. The van der Waals surface area contributed by atoms with E-state index in [4.69, 9.17) is 0 Å². The molecule has 0 bridgehead atoms. The maximum absolute atomic E-state index is 10.9. The number of aromatic nitrogens is 2. The molecule has 0 N–H and O–H groups in total. The molecule has 0 saturated heterocycles. The maximum Gasteiger partial charge on any atom is 0.256 e. The lowest BCUT2D eigenvalue weighted by molar-refractivity contribution is -0.695. The van der Waals surface area contributed by atoms with Crippen LogP contribution in [0.25, 0.3) is 0 Å². The lowest BCUT2D eigenvalue weighted by Crippen LogP contribution is -2.38. The molecule has 142 valence electrons. The number of rotatable bonds is 12. The zero-order chi connectivity index (χ0) is 18.8. The second-order valence-corrected chi connectivity index (χ2v) is 7.04. The van der Waals surface area contributed by atoms with Gasteiger partial charge in [-0.15, -0.1) is 0 Å². The van der Waals surface area contributed by atoms with Gasteiger partial charge in [0, 0.05) is 6.42 Å². The molecule has 0 spiro atoms. The lowest BCUT2D eigenvalue weighted by Gasteiger charge is -2.07. The van der Waals surface area contributed by atoms with Crippen molar-refractivity contribution in [2.45, 2.75) is 78.3 Å². The molecule has 0 aliphatic heterocycles. The number of hydrogen-bond donors (Lipinski definition) is 0. The first-order valence-electron chi connectivity index (χ1n) is 10.0. The van der Waals surface area contributed by atoms with E-state index in [1.54, 1.807) is 12.1 Å². The number of carboxylic acid groups (broad SMARTS) is 1. The molecule has 2 aromatic rings. The van der Waals surface area contributed by atoms with Crippen LogP contribution in [0.1, 0.15) is 80.5 Å². The van der Waals surface area contributed by atoms with Gasteiger partial charge >= 0.3 is 0 Å². The zero-order valence-electron chi connectivity index (χ0n) is 16.2. The predicted octanol–water partition coefficient (Wildman–Crippen LogP) is 3.50. The van der Waals surface area contributed by atoms with Gasteiger partial charge in [0.25, 0.3) is 5.82 Å². The minimum Gasteiger partial charge on any atom is -0.545 e. The molecular formula is C22H32N2O2. The largest absolute Gasteiger partial charge is 0.545 e. The average molecular weight is 357 g/mol. The number of carbonyl (C=O) groups is 1. The molecular weight excluding hydrogens is 324 g/mol. The van der Waals surface area contributed by atoms with E-state index < -0.39 is 5.97 Å². The highest BCUT2D eigenvalue weighted by Crippen LogP contribution is 2.10. The van der Waals surface area contributed by atoms with Crippen LogP contribution in [0, 0.1) is 0 Å². The van der Waals surface area contributed by atoms with Crippen LogP contribution in [0.15, 0.2) is 36.7 Å². The summed E-state index contributed by atoms with van der Waals surface area (Å²) in [5, 5.41) is 10.9. The van der Waals surface area contributed by atoms with Crippen LogP contribution in [0.2, 0.25) is 0 Å². The molecule has 0 atom stereocenters. The van der Waals surface area contributed by atoms with E-state index in [-0.39, 0.29) is 5.56 Å². The van der Waals surface area contributed by atoms with E-state index in [1.807, 2.05) is 12.1 Å². The Balaban J connectivity index is 2.07. The van der Waals surface area contributed by atoms with Crippen LogP contribution in [0.5, 0.6) is 0 Å². The number of benzene rings is 1. The predicted molar refractivity (Wildman–Crippen MR) is 102 cm³/mol. The van der Waals surface area contributed by atoms with Gasteiger partial charge in [0.15, 0.2) is 0 Å². The van der Waals surface area contributed by atoms with E-state index in [0.717, 1.165) is 25.1 Å². The van der Waals surface area contributed by atoms with Crippen LogP contribution < -0.4 is 9.67 Å². The van der Waals surface area contributed by atoms with Crippen molar-refractivity contribution in [2.24, 2.45) is 0 Å². The van der Waals surface area contributed by atoms with Gasteiger partial charge in [0.1, 0.15) is 18.9 Å². The molecule has 1 aromatic carbocycles. The van der Waals surface area contributed by atoms with Gasteiger partial charge in [-0.2, -0.15) is 0 Å². The first-order valence-corrected chi connectivity index (χ1v) is 10.0. The van der Waals surface area contributed by atoms with Crippen LogP contribution in [-0.2, 0) is 19.5 Å². The van der Waals surface area contributed by atoms with E-state index in [9.17, 15) is 9.90 Å². The Morgan fingerprint density at radius 3 is 2.35 bits per heavy atom. The van der Waals surface area contributed by atoms with Crippen LogP contribution in [-0.4, -0.2) is 10.5 Å². The number of aromatic carboxylic acids is 1. The third-order valence-corrected chi connectivity index (χ3v) is 4.89. The molecule has 0 amide bonds. The lowest BCUT2D eigenvalue weighted by atomic mass is 10.1. The summed E-state index contributed by atoms with van der Waals surface area (Å²) < 4.78 is 4.70. The van der Waals surface area contributed by atoms with Gasteiger partial charge in [-0.3, -0.25) is 0 Å². The zero-order valence-corrected chi connectivity index (χ0v) is 16.2. The molecule has 4 nitrogen and oxygen atoms in total. The fourth-order valence-electron chi connectivity index (χ4n) is 3.29. The quantitative estimate of drug-likeness (QED) is 0.432. The van der Waals surface area contributed by atoms with Crippen molar-refractivity contribution in [3.8, 4) is 0 Å². The van der Waals surface area contributed by atoms with E-state index in [2.05, 4.69) is 35.4 Å². The minimum atomic E-state index is -1.12. The van der Waals surface area contributed by atoms with Crippen molar-refractivity contribution in [3.05, 3.63) is 53.6 Å². The second-order valence-electron chi connectivity index (χ2n) is 7.04. The van der Waals surface area contributed by atoms with E-state index in [1.165, 1.54) is 50.8 Å². The normalized spacial score (nSPS) is 11.0. The van der Waals surface area contributed by atoms with Crippen molar-refractivity contribution < 1.29 is 14.5 Å². The van der Waals surface area contributed by atoms with Crippen molar-refractivity contribution >= 4 is 5.97 Å². The summed E-state index contributed by atoms with van der Waals surface area (Å²) in [6, 6.07) is 7.02. The molecule has 0 unspecified atom stereocenters. The third-order valence-electron chi connectivity index (χ3n) is 4.89. The fourth-order valence-corrected chi connectivity index (χ4v) is 3.29. The molecule has 1 aromatic heterocycles. The number of aryl methyl sites for hydroxylation is 1. The molecule has 0 aliphatic rings. The summed E-state index contributed by atoms with van der Waals surface area (Å²) in [4.78, 5) is 10.9. The van der Waals surface area contributed by atoms with Crippen LogP contribution in [0.4, 0.5) is 0 Å². The standard InChI is InChI=1S/C22H32N2O2/c1-3-5-7-8-9-10-21-23(15-6-4-2)16-17-24(21)18-19-11-13-20(14-12-19)22(25)26/h11-14,16-17H,3-10,15,18H2,1-2H3. The van der Waals surface area contributed by atoms with Crippen LogP contribution in [0.3, 0.4) is 0 Å². The monoisotopic (exact) mass is 356 g/mol. The Bertz CT molecular complexity index is 674. The Hall–Kier alpha value is -2.10. The topological polar surface area (TPSA) is 48.9 Å². The highest BCUT2D eigenvalue weighted by Gasteiger charge is 2.16. The Labute approximate surface area is 157 Å². The Kier molecular flexibility index (Phi) is 8.39. The molecule has 2 rings (SSSR count). The number of nitrogens with zero attached hydrogens (tertiary/aromatic N) is 2. The molecule has 1 heterocycles. The number of unbranched alkanes of at least 4 members (excludes halogenated alkanes) is 5. The fraction of sp³-hybridized carbons (Fsp3) is 0.545. The summed E-state index contributed by atoms with van der Waals surface area (Å²) >= 11 is 0. The maximum atomic E-state index is 10.9. The number of carbonyl (C=O) groups excluding carboxylic acids is 1. The van der Waals surface area contributed by atoms with E-state index in [0.29, 0.717) is 0 Å². The SMILES string of the molecule is CCCCCCCc1n(CCCC)cc[n+]1Cc1ccc(C(=O)[O-])cc1. The van der Waals surface area contributed by atoms with Gasteiger partial charge in [0.2, 0.25) is 0 Å². The third kappa shape index (κ3) is 6.01. The van der Waals surface area contributed by atoms with Crippen molar-refractivity contribution in [3.63, 3.8) is 0 Å². The molecule has 26 heavy (non-hydrogen) atoms. The summed E-state index contributed by atoms with van der Waals surface area (Å²) in [6.07, 6.45) is 14.2. The number of imidazole rings is 1. The van der Waals surface area contributed by atoms with Crippen LogP contribution >= 0.6 is 0 Å². The Morgan fingerprint density at radius 1 is 1.00 bits per heavy atom. The number of carboxylic acids is 1. The first-order chi connectivity index (χ1) is 12.7. The summed E-state index contributed by atoms with van der Waals surface area (Å²) in [7, 11) is 0. The highest BCUT2D eigenvalue weighted by molar-refractivity contribution is 5.85. The second kappa shape index (κ2) is 10.8. The van der Waals surface area contributed by atoms with Gasteiger partial charge < -0.3 is 9.90 Å². The van der Waals surface area contributed by atoms with Crippen molar-refractivity contribution in [1.29, 1.82) is 0 Å². The summed E-state index contributed by atoms with van der Waals surface area (Å²) in [5.74, 6) is 0.251. The molecule has 0 fully saturated rings.